The second kappa shape index (κ2) is 3.30. The van der Waals surface area contributed by atoms with Gasteiger partial charge in [0.1, 0.15) is 12.0 Å². The number of β-amino-alcohol motifs (C(OH)–C–C–N with tert-alkyl or cyclic N) is 1. The van der Waals surface area contributed by atoms with E-state index in [9.17, 15) is 0 Å². The summed E-state index contributed by atoms with van der Waals surface area (Å²) in [6.07, 6.45) is 1.12. The van der Waals surface area contributed by atoms with Crippen molar-refractivity contribution in [2.75, 3.05) is 30.8 Å². The van der Waals surface area contributed by atoms with Gasteiger partial charge in [-0.25, -0.2) is 4.98 Å². The van der Waals surface area contributed by atoms with Gasteiger partial charge in [0.15, 0.2) is 5.82 Å². The molecule has 0 unspecified atom stereocenters. The zero-order valence-corrected chi connectivity index (χ0v) is 7.84. The molecule has 0 aliphatic carbocycles. The number of anilines is 2. The fourth-order valence-electron chi connectivity index (χ4n) is 1.41. The number of nitrogens with zero attached hydrogens (tertiary/aromatic N) is 3. The average molecular weight is 196 g/mol. The molecule has 0 saturated carbocycles. The van der Waals surface area contributed by atoms with Gasteiger partial charge in [-0.3, -0.25) is 0 Å². The molecule has 76 valence electrons. The van der Waals surface area contributed by atoms with Crippen LogP contribution in [-0.2, 0) is 0 Å². The van der Waals surface area contributed by atoms with Crippen LogP contribution in [0, 0.1) is 0 Å². The third-order valence-corrected chi connectivity index (χ3v) is 2.18. The van der Waals surface area contributed by atoms with E-state index in [0.29, 0.717) is 30.5 Å². The van der Waals surface area contributed by atoms with Gasteiger partial charge in [-0.05, 0) is 0 Å². The zero-order chi connectivity index (χ0) is 10.1. The fourth-order valence-corrected chi connectivity index (χ4v) is 1.41. The first-order chi connectivity index (χ1) is 6.72. The number of aliphatic hydroxyl groups is 1. The molecule has 6 heteroatoms. The van der Waals surface area contributed by atoms with E-state index in [1.165, 1.54) is 13.4 Å². The molecule has 0 radical (unpaired) electrons. The number of hydrogen-bond donors (Lipinski definition) is 2. The maximum atomic E-state index is 9.14. The first-order valence-corrected chi connectivity index (χ1v) is 4.30. The van der Waals surface area contributed by atoms with Crippen molar-refractivity contribution in [1.29, 1.82) is 0 Å². The molecule has 0 spiro atoms. The van der Waals surface area contributed by atoms with Gasteiger partial charge in [0.05, 0.1) is 13.2 Å². The van der Waals surface area contributed by atoms with E-state index in [2.05, 4.69) is 9.97 Å². The van der Waals surface area contributed by atoms with Gasteiger partial charge >= 0.3 is 0 Å². The van der Waals surface area contributed by atoms with Crippen molar-refractivity contribution < 1.29 is 9.84 Å². The maximum absolute atomic E-state index is 9.14. The molecule has 2 heterocycles. The van der Waals surface area contributed by atoms with Crippen molar-refractivity contribution in [1.82, 2.24) is 9.97 Å². The first kappa shape index (κ1) is 9.01. The van der Waals surface area contributed by atoms with Crippen LogP contribution in [0.15, 0.2) is 6.33 Å². The summed E-state index contributed by atoms with van der Waals surface area (Å²) in [5, 5.41) is 9.14. The minimum absolute atomic E-state index is 0.282. The number of aromatic nitrogens is 2. The molecule has 14 heavy (non-hydrogen) atoms. The Bertz CT molecular complexity index is 338. The van der Waals surface area contributed by atoms with E-state index in [1.807, 2.05) is 4.90 Å². The lowest BCUT2D eigenvalue weighted by atomic mass is 10.1. The van der Waals surface area contributed by atoms with Gasteiger partial charge in [0.2, 0.25) is 5.88 Å². The van der Waals surface area contributed by atoms with Gasteiger partial charge in [-0.15, -0.1) is 0 Å². The number of hydrogen-bond acceptors (Lipinski definition) is 6. The molecule has 1 aromatic rings. The second-order valence-electron chi connectivity index (χ2n) is 3.18. The van der Waals surface area contributed by atoms with Crippen LogP contribution in [0.2, 0.25) is 0 Å². The highest BCUT2D eigenvalue weighted by molar-refractivity contribution is 5.68. The summed E-state index contributed by atoms with van der Waals surface area (Å²) >= 11 is 0. The van der Waals surface area contributed by atoms with Gasteiger partial charge in [0, 0.05) is 13.1 Å². The molecule has 6 nitrogen and oxygen atoms in total. The monoisotopic (exact) mass is 196 g/mol. The summed E-state index contributed by atoms with van der Waals surface area (Å²) in [6.45, 7) is 1.12. The Hall–Kier alpha value is -1.56. The average Bonchev–Trinajstić information content (AvgIpc) is 2.14. The van der Waals surface area contributed by atoms with E-state index in [1.54, 1.807) is 0 Å². The standard InChI is InChI=1S/C8H12N4O2/c1-14-8-6(9)7(10-4-11-8)12-2-5(13)3-12/h4-5,13H,2-3,9H2,1H3. The number of methoxy groups -OCH3 is 1. The van der Waals surface area contributed by atoms with Gasteiger partial charge in [-0.1, -0.05) is 0 Å². The Morgan fingerprint density at radius 2 is 2.29 bits per heavy atom. The summed E-state index contributed by atoms with van der Waals surface area (Å²) < 4.78 is 4.97. The molecule has 1 saturated heterocycles. The lowest BCUT2D eigenvalue weighted by molar-refractivity contribution is 0.141. The summed E-state index contributed by atoms with van der Waals surface area (Å²) in [5.41, 5.74) is 6.19. The Morgan fingerprint density at radius 1 is 1.57 bits per heavy atom. The zero-order valence-electron chi connectivity index (χ0n) is 7.84. The van der Waals surface area contributed by atoms with Crippen LogP contribution in [0.4, 0.5) is 11.5 Å². The Balaban J connectivity index is 2.25. The van der Waals surface area contributed by atoms with E-state index < -0.39 is 0 Å². The predicted octanol–water partition coefficient (Wildman–Crippen LogP) is -0.752. The Labute approximate surface area is 81.3 Å². The highest BCUT2D eigenvalue weighted by Gasteiger charge is 2.28. The van der Waals surface area contributed by atoms with Crippen molar-refractivity contribution in [2.45, 2.75) is 6.10 Å². The molecule has 0 amide bonds. The van der Waals surface area contributed by atoms with Gasteiger partial charge in [0.25, 0.3) is 0 Å². The molecule has 1 aliphatic heterocycles. The van der Waals surface area contributed by atoms with Crippen LogP contribution < -0.4 is 15.4 Å². The molecule has 3 N–H and O–H groups in total. The number of nitrogen functional groups attached to an aromatic ring is 1. The van der Waals surface area contributed by atoms with E-state index >= 15 is 0 Å². The van der Waals surface area contributed by atoms with Crippen molar-refractivity contribution in [2.24, 2.45) is 0 Å². The van der Waals surface area contributed by atoms with Crippen molar-refractivity contribution in [3.8, 4) is 5.88 Å². The molecule has 1 fully saturated rings. The molecular weight excluding hydrogens is 184 g/mol. The predicted molar refractivity (Wildman–Crippen MR) is 51.2 cm³/mol. The SMILES string of the molecule is COc1ncnc(N2CC(O)C2)c1N. The van der Waals surface area contributed by atoms with Crippen LogP contribution >= 0.6 is 0 Å². The fraction of sp³-hybridized carbons (Fsp3) is 0.500. The molecule has 0 bridgehead atoms. The van der Waals surface area contributed by atoms with Crippen molar-refractivity contribution >= 4 is 11.5 Å². The van der Waals surface area contributed by atoms with E-state index in [-0.39, 0.29) is 6.10 Å². The largest absolute Gasteiger partial charge is 0.479 e. The quantitative estimate of drug-likeness (QED) is 0.647. The van der Waals surface area contributed by atoms with Crippen LogP contribution in [0.3, 0.4) is 0 Å². The third kappa shape index (κ3) is 1.33. The van der Waals surface area contributed by atoms with Crippen LogP contribution in [-0.4, -0.2) is 41.4 Å². The van der Waals surface area contributed by atoms with E-state index in [4.69, 9.17) is 15.6 Å². The highest BCUT2D eigenvalue weighted by atomic mass is 16.5. The number of ether oxygens (including phenoxy) is 1. The Morgan fingerprint density at radius 3 is 2.86 bits per heavy atom. The van der Waals surface area contributed by atoms with Crippen LogP contribution in [0.25, 0.3) is 0 Å². The smallest absolute Gasteiger partial charge is 0.242 e. The highest BCUT2D eigenvalue weighted by Crippen LogP contribution is 2.29. The number of nitrogens with two attached hydrogens (primary N) is 1. The summed E-state index contributed by atoms with van der Waals surface area (Å²) in [5.74, 6) is 0.999. The minimum Gasteiger partial charge on any atom is -0.479 e. The summed E-state index contributed by atoms with van der Waals surface area (Å²) in [4.78, 5) is 9.79. The molecule has 2 rings (SSSR count). The molecule has 1 aliphatic rings. The maximum Gasteiger partial charge on any atom is 0.242 e. The van der Waals surface area contributed by atoms with Crippen molar-refractivity contribution in [3.63, 3.8) is 0 Å². The number of rotatable bonds is 2. The molecule has 0 atom stereocenters. The summed E-state index contributed by atoms with van der Waals surface area (Å²) in [6, 6.07) is 0. The van der Waals surface area contributed by atoms with Crippen molar-refractivity contribution in [3.05, 3.63) is 6.33 Å². The molecule has 0 aromatic carbocycles. The number of aliphatic hydroxyl groups excluding tert-OH is 1. The van der Waals surface area contributed by atoms with E-state index in [0.717, 1.165) is 0 Å². The first-order valence-electron chi connectivity index (χ1n) is 4.30. The second-order valence-corrected chi connectivity index (χ2v) is 3.18. The normalized spacial score (nSPS) is 16.6. The summed E-state index contributed by atoms with van der Waals surface area (Å²) in [7, 11) is 1.51. The molecule has 1 aromatic heterocycles. The Kier molecular flexibility index (Phi) is 2.12. The topological polar surface area (TPSA) is 84.5 Å². The van der Waals surface area contributed by atoms with Crippen LogP contribution in [0.1, 0.15) is 0 Å². The lowest BCUT2D eigenvalue weighted by Crippen LogP contribution is -2.51. The van der Waals surface area contributed by atoms with Gasteiger partial charge < -0.3 is 20.5 Å². The minimum atomic E-state index is -0.282. The van der Waals surface area contributed by atoms with Crippen LogP contribution in [0.5, 0.6) is 5.88 Å². The third-order valence-electron chi connectivity index (χ3n) is 2.18. The molecular formula is C8H12N4O2. The lowest BCUT2D eigenvalue weighted by Gasteiger charge is -2.37. The van der Waals surface area contributed by atoms with Gasteiger partial charge in [-0.2, -0.15) is 4.98 Å².